The molecule has 5 atom stereocenters. The molecule has 0 aromatic carbocycles. The fourth-order valence-corrected chi connectivity index (χ4v) is 5.11. The molecule has 0 aromatic rings. The lowest BCUT2D eigenvalue weighted by Gasteiger charge is -2.32. The van der Waals surface area contributed by atoms with E-state index in [-0.39, 0.29) is 12.3 Å². The van der Waals surface area contributed by atoms with Crippen molar-refractivity contribution in [1.29, 1.82) is 0 Å². The second kappa shape index (κ2) is 4.05. The molecule has 3 aliphatic heterocycles. The molecule has 4 nitrogen and oxygen atoms in total. The van der Waals surface area contributed by atoms with Crippen LogP contribution in [0.2, 0.25) is 0 Å². The molecule has 0 radical (unpaired) electrons. The molecule has 8 heteroatoms. The van der Waals surface area contributed by atoms with Crippen LogP contribution in [-0.4, -0.2) is 40.8 Å². The Hall–Kier alpha value is -0.920. The molecule has 3 saturated heterocycles. The summed E-state index contributed by atoms with van der Waals surface area (Å²) in [6.45, 7) is 3.28. The van der Waals surface area contributed by atoms with Gasteiger partial charge in [-0.15, -0.1) is 11.8 Å². The molecular formula is C12H13F3O4S. The molecule has 0 aliphatic carbocycles. The van der Waals surface area contributed by atoms with Gasteiger partial charge in [-0.3, -0.25) is 9.59 Å². The van der Waals surface area contributed by atoms with E-state index in [4.69, 9.17) is 9.47 Å². The third kappa shape index (κ3) is 1.57. The summed E-state index contributed by atoms with van der Waals surface area (Å²) < 4.78 is 49.9. The number of carbonyl (C=O) groups is 2. The molecule has 3 fully saturated rings. The summed E-state index contributed by atoms with van der Waals surface area (Å²) in [4.78, 5) is 23.3. The smallest absolute Gasteiger partial charge is 0.406 e. The summed E-state index contributed by atoms with van der Waals surface area (Å²) in [5, 5.41) is -1.52. The SMILES string of the molecule is CC(C)C(=O)OC1C2CC3(C(F)(F)F)C(=O)OC1C3S2. The van der Waals surface area contributed by atoms with Crippen molar-refractivity contribution in [3.05, 3.63) is 0 Å². The maximum Gasteiger partial charge on any atom is 0.406 e. The van der Waals surface area contributed by atoms with Crippen LogP contribution in [0.4, 0.5) is 13.2 Å². The average Bonchev–Trinajstić information content (AvgIpc) is 2.89. The summed E-state index contributed by atoms with van der Waals surface area (Å²) in [6, 6.07) is 0. The number of alkyl halides is 3. The average molecular weight is 310 g/mol. The van der Waals surface area contributed by atoms with Crippen molar-refractivity contribution in [2.45, 2.75) is 49.2 Å². The lowest BCUT2D eigenvalue weighted by atomic mass is 9.73. The number of hydrogen-bond donors (Lipinski definition) is 0. The number of halogens is 3. The van der Waals surface area contributed by atoms with Crippen molar-refractivity contribution in [2.24, 2.45) is 11.3 Å². The van der Waals surface area contributed by atoms with Crippen molar-refractivity contribution >= 4 is 23.7 Å². The van der Waals surface area contributed by atoms with Gasteiger partial charge >= 0.3 is 18.1 Å². The Balaban J connectivity index is 1.86. The predicted octanol–water partition coefficient (Wildman–Crippen LogP) is 1.92. The van der Waals surface area contributed by atoms with Crippen LogP contribution in [0.5, 0.6) is 0 Å². The highest BCUT2D eigenvalue weighted by Gasteiger charge is 2.81. The molecular weight excluding hydrogens is 297 g/mol. The highest BCUT2D eigenvalue weighted by Crippen LogP contribution is 2.67. The minimum Gasteiger partial charge on any atom is -0.457 e. The zero-order valence-corrected chi connectivity index (χ0v) is 11.6. The first kappa shape index (κ1) is 14.0. The Kier molecular flexibility index (Phi) is 2.84. The summed E-state index contributed by atoms with van der Waals surface area (Å²) in [6.07, 6.45) is -6.73. The van der Waals surface area contributed by atoms with Gasteiger partial charge < -0.3 is 9.47 Å². The van der Waals surface area contributed by atoms with Gasteiger partial charge in [-0.25, -0.2) is 0 Å². The molecule has 0 aromatic heterocycles. The van der Waals surface area contributed by atoms with Crippen LogP contribution in [-0.2, 0) is 19.1 Å². The molecule has 20 heavy (non-hydrogen) atoms. The van der Waals surface area contributed by atoms with E-state index in [9.17, 15) is 22.8 Å². The minimum absolute atomic E-state index is 0.364. The molecule has 3 rings (SSSR count). The van der Waals surface area contributed by atoms with Crippen LogP contribution < -0.4 is 0 Å². The monoisotopic (exact) mass is 310 g/mol. The number of hydrogen-bond acceptors (Lipinski definition) is 5. The highest BCUT2D eigenvalue weighted by molar-refractivity contribution is 8.01. The van der Waals surface area contributed by atoms with Gasteiger partial charge in [0.25, 0.3) is 0 Å². The van der Waals surface area contributed by atoms with Crippen LogP contribution in [0.3, 0.4) is 0 Å². The summed E-state index contributed by atoms with van der Waals surface area (Å²) in [7, 11) is 0. The van der Waals surface area contributed by atoms with Gasteiger partial charge in [0.2, 0.25) is 0 Å². The third-order valence-corrected chi connectivity index (χ3v) is 5.90. The van der Waals surface area contributed by atoms with Crippen LogP contribution in [0, 0.1) is 11.3 Å². The predicted molar refractivity (Wildman–Crippen MR) is 62.9 cm³/mol. The van der Waals surface area contributed by atoms with Crippen molar-refractivity contribution in [3.63, 3.8) is 0 Å². The fourth-order valence-electron chi connectivity index (χ4n) is 3.08. The second-order valence-corrected chi connectivity index (χ2v) is 7.08. The Labute approximate surface area is 117 Å². The zero-order valence-electron chi connectivity index (χ0n) is 10.8. The first-order chi connectivity index (χ1) is 9.18. The molecule has 0 spiro atoms. The summed E-state index contributed by atoms with van der Waals surface area (Å²) >= 11 is 1.06. The second-order valence-electron chi connectivity index (χ2n) is 5.69. The molecule has 2 bridgehead atoms. The third-order valence-electron chi connectivity index (χ3n) is 4.16. The lowest BCUT2D eigenvalue weighted by molar-refractivity contribution is -0.221. The van der Waals surface area contributed by atoms with E-state index >= 15 is 0 Å². The Morgan fingerprint density at radius 2 is 2.15 bits per heavy atom. The van der Waals surface area contributed by atoms with Crippen molar-refractivity contribution in [3.8, 4) is 0 Å². The number of esters is 2. The van der Waals surface area contributed by atoms with Crippen LogP contribution in [0.25, 0.3) is 0 Å². The molecule has 112 valence electrons. The van der Waals surface area contributed by atoms with Gasteiger partial charge in [0.15, 0.2) is 17.6 Å². The number of carbonyl (C=O) groups excluding carboxylic acids is 2. The maximum absolute atomic E-state index is 13.2. The van der Waals surface area contributed by atoms with E-state index in [1.54, 1.807) is 13.8 Å². The summed E-state index contributed by atoms with van der Waals surface area (Å²) in [5.74, 6) is -2.08. The van der Waals surface area contributed by atoms with E-state index in [1.165, 1.54) is 0 Å². The zero-order chi connectivity index (χ0) is 14.9. The molecule has 0 N–H and O–H groups in total. The standard InChI is InChI=1S/C12H13F3O4S/c1-4(2)9(16)18-6-5-3-11(12(13,14)15)8(20-5)7(6)19-10(11)17/h4-8H,3H2,1-2H3. The van der Waals surface area contributed by atoms with Crippen LogP contribution in [0.15, 0.2) is 0 Å². The summed E-state index contributed by atoms with van der Waals surface area (Å²) in [5.41, 5.74) is -2.41. The Bertz CT molecular complexity index is 478. The molecule has 5 unspecified atom stereocenters. The van der Waals surface area contributed by atoms with E-state index in [1.807, 2.05) is 0 Å². The first-order valence-electron chi connectivity index (χ1n) is 6.32. The maximum atomic E-state index is 13.2. The van der Waals surface area contributed by atoms with Crippen LogP contribution >= 0.6 is 11.8 Å². The van der Waals surface area contributed by atoms with Crippen LogP contribution in [0.1, 0.15) is 20.3 Å². The van der Waals surface area contributed by atoms with Gasteiger partial charge in [-0.1, -0.05) is 13.8 Å². The molecule has 3 heterocycles. The number of thioether (sulfide) groups is 1. The number of fused-ring (bicyclic) bond motifs is 1. The van der Waals surface area contributed by atoms with Gasteiger partial charge in [0.05, 0.1) is 11.2 Å². The Morgan fingerprint density at radius 3 is 2.70 bits per heavy atom. The molecule has 0 amide bonds. The largest absolute Gasteiger partial charge is 0.457 e. The van der Waals surface area contributed by atoms with Gasteiger partial charge in [-0.2, -0.15) is 13.2 Å². The quantitative estimate of drug-likeness (QED) is 0.729. The topological polar surface area (TPSA) is 52.6 Å². The van der Waals surface area contributed by atoms with E-state index < -0.39 is 46.2 Å². The molecule has 0 saturated carbocycles. The van der Waals surface area contributed by atoms with E-state index in [0.717, 1.165) is 11.8 Å². The van der Waals surface area contributed by atoms with Gasteiger partial charge in [0, 0.05) is 5.25 Å². The van der Waals surface area contributed by atoms with E-state index in [2.05, 4.69) is 0 Å². The van der Waals surface area contributed by atoms with Crippen molar-refractivity contribution < 1.29 is 32.2 Å². The Morgan fingerprint density at radius 1 is 1.50 bits per heavy atom. The van der Waals surface area contributed by atoms with E-state index in [0.29, 0.717) is 0 Å². The van der Waals surface area contributed by atoms with Crippen molar-refractivity contribution in [1.82, 2.24) is 0 Å². The fraction of sp³-hybridized carbons (Fsp3) is 0.833. The lowest BCUT2D eigenvalue weighted by Crippen LogP contribution is -2.52. The van der Waals surface area contributed by atoms with Gasteiger partial charge in [0.1, 0.15) is 0 Å². The normalized spacial score (nSPS) is 42.2. The minimum atomic E-state index is -4.63. The molecule has 3 aliphatic rings. The van der Waals surface area contributed by atoms with Crippen molar-refractivity contribution in [2.75, 3.05) is 0 Å². The number of rotatable bonds is 2. The van der Waals surface area contributed by atoms with Gasteiger partial charge in [-0.05, 0) is 6.42 Å². The first-order valence-corrected chi connectivity index (χ1v) is 7.26. The highest BCUT2D eigenvalue weighted by atomic mass is 32.2. The number of ether oxygens (including phenoxy) is 2.